The number of amides is 2. The monoisotopic (exact) mass is 528 g/mol. The highest BCUT2D eigenvalue weighted by Gasteiger charge is 2.75. The highest BCUT2D eigenvalue weighted by atomic mass is 35.5. The zero-order valence-corrected chi connectivity index (χ0v) is 21.7. The number of aliphatic hydroxyl groups excluding tert-OH is 1. The Morgan fingerprint density at radius 1 is 1.05 bits per heavy atom. The third kappa shape index (κ3) is 4.19. The van der Waals surface area contributed by atoms with E-state index in [2.05, 4.69) is 0 Å². The van der Waals surface area contributed by atoms with Gasteiger partial charge in [-0.05, 0) is 56.4 Å². The first-order valence-corrected chi connectivity index (χ1v) is 13.5. The second-order valence-corrected chi connectivity index (χ2v) is 10.6. The van der Waals surface area contributed by atoms with Gasteiger partial charge < -0.3 is 24.4 Å². The molecule has 4 aliphatic heterocycles. The molecule has 37 heavy (non-hydrogen) atoms. The van der Waals surface area contributed by atoms with Gasteiger partial charge in [0.2, 0.25) is 5.91 Å². The molecule has 4 aliphatic rings. The molecule has 1 aromatic rings. The van der Waals surface area contributed by atoms with Crippen LogP contribution in [-0.4, -0.2) is 71.3 Å². The maximum atomic E-state index is 14.3. The van der Waals surface area contributed by atoms with Crippen LogP contribution in [0.1, 0.15) is 39.0 Å². The number of halogens is 1. The molecule has 1 N–H and O–H groups in total. The Morgan fingerprint density at radius 3 is 2.57 bits per heavy atom. The summed E-state index contributed by atoms with van der Waals surface area (Å²) in [5, 5.41) is 10.1. The number of nitrogens with zero attached hydrogens (tertiary/aromatic N) is 2. The average Bonchev–Trinajstić information content (AvgIpc) is 3.25. The number of fused-ring (bicyclic) bond motifs is 2. The van der Waals surface area contributed by atoms with Gasteiger partial charge in [-0.2, -0.15) is 0 Å². The second-order valence-electron chi connectivity index (χ2n) is 10.1. The van der Waals surface area contributed by atoms with Crippen molar-refractivity contribution in [1.29, 1.82) is 0 Å². The van der Waals surface area contributed by atoms with Crippen molar-refractivity contribution >= 4 is 35.1 Å². The number of carbonyl (C=O) groups excluding carboxylic acids is 3. The van der Waals surface area contributed by atoms with E-state index in [1.54, 1.807) is 29.2 Å². The van der Waals surface area contributed by atoms with Crippen molar-refractivity contribution in [2.45, 2.75) is 56.3 Å². The van der Waals surface area contributed by atoms with Gasteiger partial charge in [0.25, 0.3) is 5.91 Å². The van der Waals surface area contributed by atoms with Crippen molar-refractivity contribution in [2.24, 2.45) is 11.8 Å². The standard InChI is InChI=1S/C28H33ClN2O6/c1-2-27-13-5-3-4-6-18-36-26(35)22(27)21-24(33)31(16-8-17-32)23-25(34)30(15-7-14-28(21,23)37-27)20-11-9-19(29)10-12-20/h5,7,9-14,21-23,32H,2-4,6,8,15-18H2,1H3/b13-5-/t21-,22-,23?,27+,28-/m0/s1. The van der Waals surface area contributed by atoms with Gasteiger partial charge in [0.15, 0.2) is 0 Å². The molecule has 5 rings (SSSR count). The fraction of sp³-hybridized carbons (Fsp3) is 0.536. The molecule has 0 aliphatic carbocycles. The molecule has 1 unspecified atom stereocenters. The van der Waals surface area contributed by atoms with Crippen molar-refractivity contribution in [1.82, 2.24) is 4.90 Å². The molecule has 5 atom stereocenters. The SMILES string of the molecule is CC[C@@]12/C=C\CCCCOC(=O)[C@@H]1[C@H]1C(=O)N(CCCO)C3C(=O)N(c4ccc(Cl)cc4)CC=C[C@@]31O2. The maximum Gasteiger partial charge on any atom is 0.313 e. The van der Waals surface area contributed by atoms with Gasteiger partial charge in [0, 0.05) is 30.4 Å². The fourth-order valence-corrected chi connectivity index (χ4v) is 6.50. The first-order valence-electron chi connectivity index (χ1n) is 13.1. The van der Waals surface area contributed by atoms with E-state index in [9.17, 15) is 19.5 Å². The molecular weight excluding hydrogens is 496 g/mol. The molecular formula is C28H33ClN2O6. The number of hydrogen-bond acceptors (Lipinski definition) is 6. The van der Waals surface area contributed by atoms with E-state index < -0.39 is 35.0 Å². The molecule has 0 saturated carbocycles. The van der Waals surface area contributed by atoms with E-state index >= 15 is 0 Å². The van der Waals surface area contributed by atoms with Gasteiger partial charge in [0.05, 0.1) is 12.5 Å². The van der Waals surface area contributed by atoms with Crippen LogP contribution >= 0.6 is 11.6 Å². The molecule has 1 aromatic carbocycles. The third-order valence-corrected chi connectivity index (χ3v) is 8.33. The highest BCUT2D eigenvalue weighted by Crippen LogP contribution is 2.58. The lowest BCUT2D eigenvalue weighted by Gasteiger charge is -2.38. The lowest BCUT2D eigenvalue weighted by atomic mass is 9.73. The minimum Gasteiger partial charge on any atom is -0.465 e. The van der Waals surface area contributed by atoms with E-state index in [4.69, 9.17) is 21.1 Å². The number of benzene rings is 1. The quantitative estimate of drug-likeness (QED) is 0.465. The largest absolute Gasteiger partial charge is 0.465 e. The molecule has 2 amide bonds. The van der Waals surface area contributed by atoms with Crippen LogP contribution in [0.5, 0.6) is 0 Å². The van der Waals surface area contributed by atoms with Gasteiger partial charge in [-0.1, -0.05) is 42.8 Å². The lowest BCUT2D eigenvalue weighted by molar-refractivity contribution is -0.160. The molecule has 2 saturated heterocycles. The topological polar surface area (TPSA) is 96.4 Å². The summed E-state index contributed by atoms with van der Waals surface area (Å²) >= 11 is 6.08. The Hall–Kier alpha value is -2.68. The normalized spacial score (nSPS) is 34.5. The van der Waals surface area contributed by atoms with Crippen molar-refractivity contribution in [3.05, 3.63) is 53.6 Å². The zero-order chi connectivity index (χ0) is 26.2. The molecule has 198 valence electrons. The summed E-state index contributed by atoms with van der Waals surface area (Å²) in [5.74, 6) is -2.89. The number of carbonyl (C=O) groups is 3. The van der Waals surface area contributed by atoms with E-state index in [1.807, 2.05) is 31.2 Å². The summed E-state index contributed by atoms with van der Waals surface area (Å²) < 4.78 is 12.6. The van der Waals surface area contributed by atoms with Crippen LogP contribution in [-0.2, 0) is 23.9 Å². The summed E-state index contributed by atoms with van der Waals surface area (Å²) in [7, 11) is 0. The van der Waals surface area contributed by atoms with E-state index in [-0.39, 0.29) is 38.1 Å². The zero-order valence-electron chi connectivity index (χ0n) is 21.0. The van der Waals surface area contributed by atoms with E-state index in [1.165, 1.54) is 4.90 Å². The van der Waals surface area contributed by atoms with Crippen LogP contribution in [0, 0.1) is 11.8 Å². The number of esters is 1. The summed E-state index contributed by atoms with van der Waals surface area (Å²) in [6.07, 6.45) is 10.8. The van der Waals surface area contributed by atoms with Crippen LogP contribution in [0.2, 0.25) is 5.02 Å². The molecule has 9 heteroatoms. The maximum absolute atomic E-state index is 14.3. The van der Waals surface area contributed by atoms with E-state index in [0.717, 1.165) is 19.3 Å². The highest BCUT2D eigenvalue weighted by molar-refractivity contribution is 6.30. The molecule has 0 aromatic heterocycles. The molecule has 2 fully saturated rings. The van der Waals surface area contributed by atoms with Gasteiger partial charge in [-0.15, -0.1) is 0 Å². The summed E-state index contributed by atoms with van der Waals surface area (Å²) in [5.41, 5.74) is -1.77. The summed E-state index contributed by atoms with van der Waals surface area (Å²) in [6, 6.07) is 5.97. The Labute approximate surface area is 221 Å². The predicted molar refractivity (Wildman–Crippen MR) is 138 cm³/mol. The second kappa shape index (κ2) is 10.2. The Kier molecular flexibility index (Phi) is 7.18. The Morgan fingerprint density at radius 2 is 1.84 bits per heavy atom. The molecule has 4 heterocycles. The summed E-state index contributed by atoms with van der Waals surface area (Å²) in [4.78, 5) is 45.1. The number of hydrogen-bond donors (Lipinski definition) is 1. The number of cyclic esters (lactones) is 1. The minimum atomic E-state index is -1.34. The minimum absolute atomic E-state index is 0.132. The summed E-state index contributed by atoms with van der Waals surface area (Å²) in [6.45, 7) is 2.54. The van der Waals surface area contributed by atoms with Crippen molar-refractivity contribution in [3.8, 4) is 0 Å². The Bertz CT molecular complexity index is 1120. The number of aliphatic hydroxyl groups is 1. The number of anilines is 1. The van der Waals surface area contributed by atoms with Crippen molar-refractivity contribution < 1.29 is 29.0 Å². The van der Waals surface area contributed by atoms with Crippen LogP contribution in [0.15, 0.2) is 48.6 Å². The lowest BCUT2D eigenvalue weighted by Crippen LogP contribution is -2.56. The van der Waals surface area contributed by atoms with Crippen LogP contribution in [0.4, 0.5) is 5.69 Å². The van der Waals surface area contributed by atoms with Crippen LogP contribution in [0.25, 0.3) is 0 Å². The number of ether oxygens (including phenoxy) is 2. The average molecular weight is 529 g/mol. The van der Waals surface area contributed by atoms with Gasteiger partial charge >= 0.3 is 5.97 Å². The van der Waals surface area contributed by atoms with Crippen LogP contribution in [0.3, 0.4) is 0 Å². The first kappa shape index (κ1) is 25.9. The predicted octanol–water partition coefficient (Wildman–Crippen LogP) is 3.27. The van der Waals surface area contributed by atoms with Gasteiger partial charge in [0.1, 0.15) is 23.2 Å². The van der Waals surface area contributed by atoms with Gasteiger partial charge in [-0.3, -0.25) is 14.4 Å². The molecule has 0 radical (unpaired) electrons. The first-order chi connectivity index (χ1) is 17.9. The van der Waals surface area contributed by atoms with E-state index in [0.29, 0.717) is 23.6 Å². The number of allylic oxidation sites excluding steroid dienone is 1. The number of rotatable bonds is 5. The fourth-order valence-electron chi connectivity index (χ4n) is 6.37. The van der Waals surface area contributed by atoms with Crippen molar-refractivity contribution in [2.75, 3.05) is 31.2 Å². The van der Waals surface area contributed by atoms with Crippen LogP contribution < -0.4 is 4.90 Å². The molecule has 8 nitrogen and oxygen atoms in total. The van der Waals surface area contributed by atoms with Crippen molar-refractivity contribution in [3.63, 3.8) is 0 Å². The molecule has 0 bridgehead atoms. The smallest absolute Gasteiger partial charge is 0.313 e. The third-order valence-electron chi connectivity index (χ3n) is 8.08. The molecule has 1 spiro atoms. The van der Waals surface area contributed by atoms with Gasteiger partial charge in [-0.25, -0.2) is 0 Å². The Balaban J connectivity index is 1.65. The number of likely N-dealkylation sites (tertiary alicyclic amines) is 1.